The SMILES string of the molecule is CC(C)(C)c1ccc(OCc2ccc(C(=O)Nc3ccccc3O)cc2)cc1. The third-order valence-corrected chi connectivity index (χ3v) is 4.49. The predicted molar refractivity (Wildman–Crippen MR) is 112 cm³/mol. The fourth-order valence-electron chi connectivity index (χ4n) is 2.74. The zero-order valence-corrected chi connectivity index (χ0v) is 16.4. The highest BCUT2D eigenvalue weighted by Gasteiger charge is 2.13. The lowest BCUT2D eigenvalue weighted by Gasteiger charge is -2.19. The third-order valence-electron chi connectivity index (χ3n) is 4.49. The second kappa shape index (κ2) is 8.17. The summed E-state index contributed by atoms with van der Waals surface area (Å²) in [4.78, 5) is 12.3. The van der Waals surface area contributed by atoms with E-state index in [0.29, 0.717) is 17.9 Å². The summed E-state index contributed by atoms with van der Waals surface area (Å²) in [6.07, 6.45) is 0. The van der Waals surface area contributed by atoms with Gasteiger partial charge in [-0.25, -0.2) is 0 Å². The molecule has 4 nitrogen and oxygen atoms in total. The fraction of sp³-hybridized carbons (Fsp3) is 0.208. The first-order valence-corrected chi connectivity index (χ1v) is 9.24. The number of benzene rings is 3. The maximum atomic E-state index is 12.3. The van der Waals surface area contributed by atoms with Gasteiger partial charge in [0.25, 0.3) is 5.91 Å². The molecular weight excluding hydrogens is 350 g/mol. The number of para-hydroxylation sites is 2. The molecule has 3 rings (SSSR count). The lowest BCUT2D eigenvalue weighted by atomic mass is 9.87. The molecule has 144 valence electrons. The van der Waals surface area contributed by atoms with Crippen LogP contribution in [0, 0.1) is 0 Å². The van der Waals surface area contributed by atoms with Crippen molar-refractivity contribution in [1.29, 1.82) is 0 Å². The number of carbonyl (C=O) groups is 1. The minimum Gasteiger partial charge on any atom is -0.506 e. The molecule has 0 unspecified atom stereocenters. The molecule has 1 amide bonds. The van der Waals surface area contributed by atoms with Crippen LogP contribution in [0.1, 0.15) is 42.3 Å². The standard InChI is InChI=1S/C24H25NO3/c1-24(2,3)19-12-14-20(15-13-19)28-16-17-8-10-18(11-9-17)23(27)25-21-6-4-5-7-22(21)26/h4-15,26H,16H2,1-3H3,(H,25,27). The van der Waals surface area contributed by atoms with Crippen LogP contribution in [0.25, 0.3) is 0 Å². The highest BCUT2D eigenvalue weighted by Crippen LogP contribution is 2.25. The summed E-state index contributed by atoms with van der Waals surface area (Å²) >= 11 is 0. The molecule has 0 spiro atoms. The van der Waals surface area contributed by atoms with Gasteiger partial charge in [-0.05, 0) is 52.9 Å². The summed E-state index contributed by atoms with van der Waals surface area (Å²) in [5.74, 6) is 0.583. The topological polar surface area (TPSA) is 58.6 Å². The second-order valence-electron chi connectivity index (χ2n) is 7.73. The Kier molecular flexibility index (Phi) is 5.69. The van der Waals surface area contributed by atoms with Crippen molar-refractivity contribution in [2.75, 3.05) is 5.32 Å². The van der Waals surface area contributed by atoms with Crippen LogP contribution in [-0.4, -0.2) is 11.0 Å². The van der Waals surface area contributed by atoms with Crippen LogP contribution in [0.4, 0.5) is 5.69 Å². The van der Waals surface area contributed by atoms with Crippen molar-refractivity contribution in [2.24, 2.45) is 0 Å². The number of phenols is 1. The molecule has 3 aromatic carbocycles. The van der Waals surface area contributed by atoms with E-state index in [1.54, 1.807) is 30.3 Å². The van der Waals surface area contributed by atoms with Gasteiger partial charge >= 0.3 is 0 Å². The minimum atomic E-state index is -0.272. The lowest BCUT2D eigenvalue weighted by molar-refractivity contribution is 0.102. The fourth-order valence-corrected chi connectivity index (χ4v) is 2.74. The Morgan fingerprint density at radius 1 is 0.929 bits per heavy atom. The van der Waals surface area contributed by atoms with Gasteiger partial charge in [-0.2, -0.15) is 0 Å². The lowest BCUT2D eigenvalue weighted by Crippen LogP contribution is -2.12. The van der Waals surface area contributed by atoms with Crippen LogP contribution in [0.2, 0.25) is 0 Å². The van der Waals surface area contributed by atoms with Crippen LogP contribution in [-0.2, 0) is 12.0 Å². The number of amides is 1. The molecule has 0 aliphatic carbocycles. The van der Waals surface area contributed by atoms with E-state index in [4.69, 9.17) is 4.74 Å². The highest BCUT2D eigenvalue weighted by molar-refractivity contribution is 6.04. The summed E-state index contributed by atoms with van der Waals surface area (Å²) in [5.41, 5.74) is 3.25. The summed E-state index contributed by atoms with van der Waals surface area (Å²) in [6.45, 7) is 6.97. The average Bonchev–Trinajstić information content (AvgIpc) is 2.68. The molecule has 4 heteroatoms. The van der Waals surface area contributed by atoms with Gasteiger partial charge in [0.05, 0.1) is 5.69 Å². The molecular formula is C24H25NO3. The minimum absolute atomic E-state index is 0.0401. The first kappa shape index (κ1) is 19.5. The van der Waals surface area contributed by atoms with E-state index in [2.05, 4.69) is 38.2 Å². The molecule has 0 aromatic heterocycles. The molecule has 0 bridgehead atoms. The number of rotatable bonds is 5. The van der Waals surface area contributed by atoms with E-state index in [9.17, 15) is 9.90 Å². The number of hydrogen-bond acceptors (Lipinski definition) is 3. The Hall–Kier alpha value is -3.27. The van der Waals surface area contributed by atoms with Crippen molar-refractivity contribution in [3.63, 3.8) is 0 Å². The van der Waals surface area contributed by atoms with Crippen molar-refractivity contribution >= 4 is 11.6 Å². The first-order chi connectivity index (χ1) is 13.3. The number of hydrogen-bond donors (Lipinski definition) is 2. The van der Waals surface area contributed by atoms with Crippen LogP contribution in [0.3, 0.4) is 0 Å². The number of ether oxygens (including phenoxy) is 1. The smallest absolute Gasteiger partial charge is 0.255 e. The molecule has 0 aliphatic heterocycles. The molecule has 0 aliphatic rings. The van der Waals surface area contributed by atoms with E-state index in [-0.39, 0.29) is 17.1 Å². The van der Waals surface area contributed by atoms with E-state index in [1.165, 1.54) is 11.6 Å². The van der Waals surface area contributed by atoms with Crippen molar-refractivity contribution < 1.29 is 14.6 Å². The van der Waals surface area contributed by atoms with E-state index < -0.39 is 0 Å². The molecule has 0 saturated carbocycles. The number of aromatic hydroxyl groups is 1. The van der Waals surface area contributed by atoms with Gasteiger partial charge in [0.1, 0.15) is 18.1 Å². The van der Waals surface area contributed by atoms with Crippen molar-refractivity contribution in [1.82, 2.24) is 0 Å². The summed E-state index contributed by atoms with van der Waals surface area (Å²) in [5, 5.41) is 12.5. The summed E-state index contributed by atoms with van der Waals surface area (Å²) in [7, 11) is 0. The van der Waals surface area contributed by atoms with Crippen molar-refractivity contribution in [2.45, 2.75) is 32.8 Å². The third kappa shape index (κ3) is 4.92. The molecule has 0 fully saturated rings. The zero-order valence-electron chi connectivity index (χ0n) is 16.4. The number of nitrogens with one attached hydrogen (secondary N) is 1. The Morgan fingerprint density at radius 2 is 1.57 bits per heavy atom. The molecule has 0 radical (unpaired) electrons. The predicted octanol–water partition coefficient (Wildman–Crippen LogP) is 5.52. The van der Waals surface area contributed by atoms with Gasteiger partial charge in [0.2, 0.25) is 0 Å². The normalized spacial score (nSPS) is 11.1. The van der Waals surface area contributed by atoms with Crippen LogP contribution >= 0.6 is 0 Å². The van der Waals surface area contributed by atoms with Gasteiger partial charge < -0.3 is 15.2 Å². The van der Waals surface area contributed by atoms with Crippen LogP contribution in [0.5, 0.6) is 11.5 Å². The molecule has 3 aromatic rings. The number of phenolic OH excluding ortho intramolecular Hbond substituents is 1. The molecule has 0 heterocycles. The first-order valence-electron chi connectivity index (χ1n) is 9.24. The van der Waals surface area contributed by atoms with E-state index in [0.717, 1.165) is 11.3 Å². The number of anilines is 1. The largest absolute Gasteiger partial charge is 0.506 e. The second-order valence-corrected chi connectivity index (χ2v) is 7.73. The van der Waals surface area contributed by atoms with Gasteiger partial charge in [0.15, 0.2) is 0 Å². The van der Waals surface area contributed by atoms with Gasteiger partial charge in [-0.3, -0.25) is 4.79 Å². The van der Waals surface area contributed by atoms with E-state index in [1.807, 2.05) is 24.3 Å². The molecule has 28 heavy (non-hydrogen) atoms. The summed E-state index contributed by atoms with van der Waals surface area (Å²) in [6, 6.07) is 22.0. The Bertz CT molecular complexity index is 939. The maximum absolute atomic E-state index is 12.3. The maximum Gasteiger partial charge on any atom is 0.255 e. The van der Waals surface area contributed by atoms with Gasteiger partial charge in [-0.15, -0.1) is 0 Å². The van der Waals surface area contributed by atoms with Gasteiger partial charge in [-0.1, -0.05) is 57.2 Å². The van der Waals surface area contributed by atoms with Crippen LogP contribution < -0.4 is 10.1 Å². The van der Waals surface area contributed by atoms with Crippen LogP contribution in [0.15, 0.2) is 72.8 Å². The summed E-state index contributed by atoms with van der Waals surface area (Å²) < 4.78 is 5.84. The Morgan fingerprint density at radius 3 is 2.18 bits per heavy atom. The van der Waals surface area contributed by atoms with Gasteiger partial charge in [0, 0.05) is 5.56 Å². The molecule has 0 atom stereocenters. The Balaban J connectivity index is 1.58. The Labute approximate surface area is 165 Å². The quantitative estimate of drug-likeness (QED) is 0.577. The van der Waals surface area contributed by atoms with Crippen molar-refractivity contribution in [3.05, 3.63) is 89.5 Å². The monoisotopic (exact) mass is 375 g/mol. The molecule has 2 N–H and O–H groups in total. The average molecular weight is 375 g/mol. The zero-order chi connectivity index (χ0) is 20.1. The van der Waals surface area contributed by atoms with E-state index >= 15 is 0 Å². The van der Waals surface area contributed by atoms with Crippen molar-refractivity contribution in [3.8, 4) is 11.5 Å². The molecule has 0 saturated heterocycles. The number of carbonyl (C=O) groups excluding carboxylic acids is 1. The highest BCUT2D eigenvalue weighted by atomic mass is 16.5.